The maximum atomic E-state index is 14.4. The van der Waals surface area contributed by atoms with Gasteiger partial charge in [-0.1, -0.05) is 19.3 Å². The average Bonchev–Trinajstić information content (AvgIpc) is 1.53. The number of piperidine rings is 4. The van der Waals surface area contributed by atoms with Crippen molar-refractivity contribution in [1.82, 2.24) is 33.7 Å². The SMILES string of the molecule is CCOC(=O)c1cnc2ccc(N3CCCCC3c3cc(F)ccc3F)cn12.Fc1ccc(F)c(C2CCCCC2)c1.Nc1ccc(N2CCCCC2c2cc(F)ccc2F)cn1.O=C(O)c1cnc2ccc(N3CCCCC3c3cc(F)ccc3F)cn12.O=[N+]([O-])c1ccc(F)cn1.O=[N+]([O-])c1ccc(N2CCCCC2c2cc(F)ccc2F)cn1. The van der Waals surface area contributed by atoms with Gasteiger partial charge in [-0.3, -0.25) is 8.80 Å². The summed E-state index contributed by atoms with van der Waals surface area (Å²) in [6.07, 6.45) is 26.2. The van der Waals surface area contributed by atoms with Crippen molar-refractivity contribution in [3.8, 4) is 0 Å². The number of benzene rings is 5. The van der Waals surface area contributed by atoms with Crippen LogP contribution in [0, 0.1) is 84.2 Å². The van der Waals surface area contributed by atoms with Crippen molar-refractivity contribution in [1.29, 1.82) is 0 Å². The van der Waals surface area contributed by atoms with Gasteiger partial charge in [0.05, 0.1) is 72.1 Å². The molecule has 11 heterocycles. The van der Waals surface area contributed by atoms with Gasteiger partial charge >= 0.3 is 23.6 Å². The fraction of sp³-hybridized carbons (Fsp3) is 0.315. The molecule has 4 atom stereocenters. The predicted molar refractivity (Wildman–Crippen MR) is 437 cm³/mol. The number of anilines is 5. The van der Waals surface area contributed by atoms with Gasteiger partial charge in [0.15, 0.2) is 29.6 Å². The maximum absolute atomic E-state index is 14.4. The van der Waals surface area contributed by atoms with Gasteiger partial charge in [-0.25, -0.2) is 72.8 Å². The molecule has 5 aromatic carbocycles. The lowest BCUT2D eigenvalue weighted by molar-refractivity contribution is -0.389. The van der Waals surface area contributed by atoms with E-state index in [1.54, 1.807) is 41.9 Å². The standard InChI is InChI=1S/C21H21F2N3O2.C19H17F2N3O2.C16H15F2N3O2.C16H17F2N3.C12H14F2.C5H3FN2O2/c1-2-28-21(27)19-12-24-20-9-7-15(13-26(19)20)25-10-4-3-5-18(25)16-11-14(22)6-8-17(16)23;20-12-4-6-15(21)14(9-12)16-3-1-2-8-23(16)13-5-7-18-22-10-17(19(25)26)24(18)11-13;17-11-4-6-14(18)13(9-11)15-3-1-2-8-20(15)12-5-7-16(19-10-12)21(22)23;17-11-4-6-14(18)13(9-11)15-3-1-2-8-21(15)12-5-7-16(19)20-10-12;13-10-6-7-12(14)11(8-10)9-4-2-1-3-5-9;6-4-1-2-5(7-3-4)8(9)10/h6-9,11-13,18H,2-5,10H2,1H3;4-7,9-11,16H,1-3,8H2,(H,25,26);4-7,9-10,15H,1-3,8H2;4-7,9-10,15H,1-3,8H2,(H2,19,20);6-9H,1-5H2;1-3H. The summed E-state index contributed by atoms with van der Waals surface area (Å²) in [5, 5.41) is 29.9. The second kappa shape index (κ2) is 41.2. The van der Waals surface area contributed by atoms with Crippen LogP contribution in [0.1, 0.15) is 195 Å². The fourth-order valence-electron chi connectivity index (χ4n) is 16.1. The van der Waals surface area contributed by atoms with Crippen LogP contribution in [0.25, 0.3) is 11.3 Å². The summed E-state index contributed by atoms with van der Waals surface area (Å²) in [5.74, 6) is -6.02. The average molecular weight is 1690 g/mol. The van der Waals surface area contributed by atoms with Crippen molar-refractivity contribution in [3.05, 3.63) is 318 Å². The quantitative estimate of drug-likeness (QED) is 0.0443. The first kappa shape index (κ1) is 88.2. The molecule has 17 rings (SSSR count). The molecule has 1 saturated carbocycles. The van der Waals surface area contributed by atoms with Gasteiger partial charge in [-0.15, -0.1) is 0 Å². The van der Waals surface area contributed by atoms with E-state index >= 15 is 0 Å². The molecule has 4 aliphatic heterocycles. The van der Waals surface area contributed by atoms with Crippen molar-refractivity contribution in [2.45, 2.75) is 146 Å². The molecule has 5 aliphatic rings. The zero-order chi connectivity index (χ0) is 86.7. The minimum atomic E-state index is -1.07. The Labute approximate surface area is 694 Å². The zero-order valence-electron chi connectivity index (χ0n) is 66.3. The monoisotopic (exact) mass is 1690 g/mol. The molecular formula is C89H87F11N14O8. The van der Waals surface area contributed by atoms with Gasteiger partial charge in [-0.05, 0) is 268 Å². The zero-order valence-corrected chi connectivity index (χ0v) is 66.3. The number of ether oxygens (including phenoxy) is 1. The predicted octanol–water partition coefficient (Wildman–Crippen LogP) is 21.4. The first-order valence-corrected chi connectivity index (χ1v) is 40.0. The summed E-state index contributed by atoms with van der Waals surface area (Å²) in [6, 6.07) is 32.7. The van der Waals surface area contributed by atoms with Crippen molar-refractivity contribution in [3.63, 3.8) is 0 Å². The number of nitro groups is 2. The number of hydrogen-bond acceptors (Lipinski definition) is 17. The number of carbonyl (C=O) groups excluding carboxylic acids is 1. The van der Waals surface area contributed by atoms with Crippen molar-refractivity contribution in [2.75, 3.05) is 58.1 Å². The smallest absolute Gasteiger partial charge is 0.363 e. The van der Waals surface area contributed by atoms with Gasteiger partial charge in [-0.2, -0.15) is 0 Å². The molecule has 4 saturated heterocycles. The first-order chi connectivity index (χ1) is 58.8. The topological polar surface area (TPSA) is 262 Å². The molecule has 0 amide bonds. The highest BCUT2D eigenvalue weighted by atomic mass is 19.2. The number of nitrogen functional groups attached to an aromatic ring is 1. The van der Waals surface area contributed by atoms with E-state index in [1.165, 1.54) is 90.1 Å². The third-order valence-electron chi connectivity index (χ3n) is 21.9. The molecule has 638 valence electrons. The van der Waals surface area contributed by atoms with Gasteiger partial charge in [0.2, 0.25) is 0 Å². The van der Waals surface area contributed by atoms with E-state index in [2.05, 4.69) is 34.7 Å². The van der Waals surface area contributed by atoms with Crippen LogP contribution in [0.15, 0.2) is 195 Å². The number of rotatable bonds is 14. The second-order valence-corrected chi connectivity index (χ2v) is 29.7. The van der Waals surface area contributed by atoms with E-state index in [0.29, 0.717) is 82.2 Å². The second-order valence-electron chi connectivity index (χ2n) is 29.7. The fourth-order valence-corrected chi connectivity index (χ4v) is 16.1. The molecule has 33 heteroatoms. The normalized spacial score (nSPS) is 17.2. The Morgan fingerprint density at radius 1 is 0.393 bits per heavy atom. The Bertz CT molecular complexity index is 5620. The Balaban J connectivity index is 0.000000137. The number of carboxylic acid groups (broad SMARTS) is 1. The van der Waals surface area contributed by atoms with Crippen LogP contribution in [0.3, 0.4) is 0 Å². The number of halogens is 11. The summed E-state index contributed by atoms with van der Waals surface area (Å²) in [4.78, 5) is 70.4. The minimum Gasteiger partial charge on any atom is -0.477 e. The van der Waals surface area contributed by atoms with Crippen LogP contribution < -0.4 is 25.3 Å². The van der Waals surface area contributed by atoms with E-state index < -0.39 is 68.3 Å². The molecule has 3 N–H and O–H groups in total. The van der Waals surface area contributed by atoms with Gasteiger partial charge in [0.25, 0.3) is 0 Å². The van der Waals surface area contributed by atoms with Crippen LogP contribution in [-0.2, 0) is 4.74 Å². The summed E-state index contributed by atoms with van der Waals surface area (Å²) in [7, 11) is 0. The molecule has 7 aromatic heterocycles. The molecule has 22 nitrogen and oxygen atoms in total. The van der Waals surface area contributed by atoms with Gasteiger partial charge in [0.1, 0.15) is 75.3 Å². The highest BCUT2D eigenvalue weighted by molar-refractivity contribution is 5.89. The highest BCUT2D eigenvalue weighted by Gasteiger charge is 2.33. The third-order valence-corrected chi connectivity index (χ3v) is 21.9. The summed E-state index contributed by atoms with van der Waals surface area (Å²) < 4.78 is 158. The number of pyridine rings is 5. The van der Waals surface area contributed by atoms with Gasteiger partial charge < -0.3 is 55.4 Å². The van der Waals surface area contributed by atoms with Crippen LogP contribution in [0.2, 0.25) is 0 Å². The Morgan fingerprint density at radius 2 is 0.730 bits per heavy atom. The Morgan fingerprint density at radius 3 is 1.09 bits per heavy atom. The maximum Gasteiger partial charge on any atom is 0.363 e. The van der Waals surface area contributed by atoms with Crippen molar-refractivity contribution >= 4 is 63.4 Å². The van der Waals surface area contributed by atoms with Crippen molar-refractivity contribution < 1.29 is 77.6 Å². The Hall–Kier alpha value is -13.1. The number of carbonyl (C=O) groups is 2. The van der Waals surface area contributed by atoms with Crippen molar-refractivity contribution in [2.24, 2.45) is 0 Å². The number of nitrogens with zero attached hydrogens (tertiary/aromatic N) is 13. The molecule has 4 unspecified atom stereocenters. The molecule has 5 fully saturated rings. The molecule has 0 bridgehead atoms. The summed E-state index contributed by atoms with van der Waals surface area (Å²) >= 11 is 0. The molecule has 0 spiro atoms. The molecular weight excluding hydrogens is 1600 g/mol. The number of aromatic carboxylic acids is 1. The van der Waals surface area contributed by atoms with E-state index in [0.717, 1.165) is 175 Å². The summed E-state index contributed by atoms with van der Waals surface area (Å²) in [5.41, 5.74) is 12.3. The number of fused-ring (bicyclic) bond motifs is 2. The third kappa shape index (κ3) is 22.1. The number of aromatic nitrogens is 7. The largest absolute Gasteiger partial charge is 0.477 e. The van der Waals surface area contributed by atoms with E-state index in [-0.39, 0.29) is 71.5 Å². The van der Waals surface area contributed by atoms with Crippen LogP contribution >= 0.6 is 0 Å². The van der Waals surface area contributed by atoms with E-state index in [1.807, 2.05) is 40.3 Å². The number of hydrogen-bond donors (Lipinski definition) is 2. The molecule has 0 radical (unpaired) electrons. The Kier molecular flexibility index (Phi) is 29.8. The molecule has 12 aromatic rings. The lowest BCUT2D eigenvalue weighted by Crippen LogP contribution is -2.34. The van der Waals surface area contributed by atoms with E-state index in [9.17, 15) is 83.2 Å². The van der Waals surface area contributed by atoms with E-state index in [4.69, 9.17) is 10.5 Å². The highest BCUT2D eigenvalue weighted by Crippen LogP contribution is 2.42. The number of imidazole rings is 2. The minimum absolute atomic E-state index is 0.0624. The van der Waals surface area contributed by atoms with Gasteiger partial charge in [0, 0.05) is 73.0 Å². The van der Waals surface area contributed by atoms with Crippen LogP contribution in [0.4, 0.5) is 88.5 Å². The molecule has 122 heavy (non-hydrogen) atoms. The van der Waals surface area contributed by atoms with Crippen LogP contribution in [-0.4, -0.2) is 93.4 Å². The lowest BCUT2D eigenvalue weighted by Gasteiger charge is -2.38. The lowest BCUT2D eigenvalue weighted by atomic mass is 9.84. The van der Waals surface area contributed by atoms with Crippen LogP contribution in [0.5, 0.6) is 0 Å². The number of carboxylic acids is 1. The number of esters is 1. The first-order valence-electron chi connectivity index (χ1n) is 40.0. The number of nitrogens with two attached hydrogens (primary N) is 1. The summed E-state index contributed by atoms with van der Waals surface area (Å²) in [6.45, 7) is 4.89. The molecule has 1 aliphatic carbocycles.